The molecular weight excluding hydrogens is 406 g/mol. The number of ether oxygens (including phenoxy) is 2. The fourth-order valence-corrected chi connectivity index (χ4v) is 2.93. The average molecular weight is 438 g/mol. The molecule has 0 bridgehead atoms. The Bertz CT molecular complexity index is 1030. The predicted molar refractivity (Wildman–Crippen MR) is 126 cm³/mol. The van der Waals surface area contributed by atoms with Gasteiger partial charge in [-0.1, -0.05) is 12.1 Å². The van der Waals surface area contributed by atoms with E-state index in [1.807, 2.05) is 57.4 Å². The van der Waals surface area contributed by atoms with E-state index in [1.54, 1.807) is 12.4 Å². The zero-order valence-electron chi connectivity index (χ0n) is 18.9. The van der Waals surface area contributed by atoms with Crippen LogP contribution < -0.4 is 20.3 Å². The van der Waals surface area contributed by atoms with E-state index in [0.717, 1.165) is 35.7 Å². The molecule has 0 saturated carbocycles. The quantitative estimate of drug-likeness (QED) is 0.421. The summed E-state index contributed by atoms with van der Waals surface area (Å²) in [5.74, 6) is 2.02. The fourth-order valence-electron chi connectivity index (χ4n) is 2.93. The maximum Gasteiger partial charge on any atom is 0.255 e. The fraction of sp³-hybridized carbons (Fsp3) is 0.375. The van der Waals surface area contributed by atoms with Crippen molar-refractivity contribution in [2.45, 2.75) is 19.8 Å². The number of benzene rings is 1. The minimum Gasteiger partial charge on any atom is -0.493 e. The van der Waals surface area contributed by atoms with Crippen molar-refractivity contribution in [2.24, 2.45) is 0 Å². The number of H-pyrrole nitrogens is 1. The molecule has 2 N–H and O–H groups in total. The van der Waals surface area contributed by atoms with Gasteiger partial charge >= 0.3 is 0 Å². The maximum atomic E-state index is 12.3. The second-order valence-electron chi connectivity index (χ2n) is 7.83. The largest absolute Gasteiger partial charge is 0.493 e. The number of aromatic amines is 1. The monoisotopic (exact) mass is 437 g/mol. The minimum absolute atomic E-state index is 0.148. The highest BCUT2D eigenvalue weighted by Gasteiger charge is 2.05. The smallest absolute Gasteiger partial charge is 0.255 e. The molecule has 0 aliphatic heterocycles. The Morgan fingerprint density at radius 3 is 2.50 bits per heavy atom. The first-order valence-corrected chi connectivity index (χ1v) is 10.7. The molecule has 2 aromatic heterocycles. The van der Waals surface area contributed by atoms with Crippen LogP contribution in [0.25, 0.3) is 0 Å². The van der Waals surface area contributed by atoms with Gasteiger partial charge in [-0.15, -0.1) is 0 Å². The van der Waals surface area contributed by atoms with Crippen LogP contribution in [0.1, 0.15) is 23.2 Å². The van der Waals surface area contributed by atoms with Crippen LogP contribution in [0.2, 0.25) is 0 Å². The number of hydrogen-bond donors (Lipinski definition) is 2. The molecule has 0 aliphatic carbocycles. The molecule has 0 saturated heterocycles. The Hall–Kier alpha value is -3.39. The van der Waals surface area contributed by atoms with E-state index in [4.69, 9.17) is 9.47 Å². The summed E-state index contributed by atoms with van der Waals surface area (Å²) in [6, 6.07) is 11.5. The second kappa shape index (κ2) is 11.9. The normalized spacial score (nSPS) is 10.9. The van der Waals surface area contributed by atoms with E-state index in [-0.39, 0.29) is 5.56 Å². The topological polar surface area (TPSA) is 92.4 Å². The van der Waals surface area contributed by atoms with Gasteiger partial charge in [-0.05, 0) is 51.2 Å². The van der Waals surface area contributed by atoms with Gasteiger partial charge in [0.1, 0.15) is 18.1 Å². The van der Waals surface area contributed by atoms with Gasteiger partial charge in [0.2, 0.25) is 5.95 Å². The van der Waals surface area contributed by atoms with Crippen molar-refractivity contribution in [2.75, 3.05) is 45.7 Å². The molecule has 0 spiro atoms. The molecular formula is C24H31N5O3. The van der Waals surface area contributed by atoms with Crippen molar-refractivity contribution < 1.29 is 9.47 Å². The summed E-state index contributed by atoms with van der Waals surface area (Å²) in [5, 5.41) is 3.13. The van der Waals surface area contributed by atoms with Crippen molar-refractivity contribution in [1.82, 2.24) is 19.9 Å². The first-order chi connectivity index (χ1) is 15.5. The van der Waals surface area contributed by atoms with Crippen molar-refractivity contribution in [3.63, 3.8) is 0 Å². The summed E-state index contributed by atoms with van der Waals surface area (Å²) in [6.45, 7) is 4.59. The third-order valence-corrected chi connectivity index (χ3v) is 4.74. The molecule has 170 valence electrons. The second-order valence-corrected chi connectivity index (χ2v) is 7.83. The Labute approximate surface area is 188 Å². The van der Waals surface area contributed by atoms with Crippen molar-refractivity contribution >= 4 is 5.95 Å². The molecule has 2 heterocycles. The van der Waals surface area contributed by atoms with Crippen LogP contribution in [-0.4, -0.2) is 60.3 Å². The number of rotatable bonds is 12. The standard InChI is InChI=1S/C24H31N5O3/c1-18-8-9-19(16-26-18)14-20-17-27-24(28-23(20)30)25-10-5-12-31-21-6-4-7-22(15-21)32-13-11-29(2)3/h4,6-9,15-17H,5,10-14H2,1-3H3,(H2,25,27,28,30). The van der Waals surface area contributed by atoms with E-state index >= 15 is 0 Å². The molecule has 0 amide bonds. The lowest BCUT2D eigenvalue weighted by Crippen LogP contribution is -2.19. The molecule has 3 rings (SSSR count). The Morgan fingerprint density at radius 2 is 1.81 bits per heavy atom. The number of hydrogen-bond acceptors (Lipinski definition) is 7. The Balaban J connectivity index is 1.40. The Morgan fingerprint density at radius 1 is 1.03 bits per heavy atom. The maximum absolute atomic E-state index is 12.3. The minimum atomic E-state index is -0.148. The molecule has 0 fully saturated rings. The van der Waals surface area contributed by atoms with E-state index in [0.29, 0.717) is 37.7 Å². The van der Waals surface area contributed by atoms with Gasteiger partial charge in [-0.3, -0.25) is 14.8 Å². The molecule has 8 heteroatoms. The van der Waals surface area contributed by atoms with Crippen LogP contribution in [0.15, 0.2) is 53.6 Å². The highest BCUT2D eigenvalue weighted by Crippen LogP contribution is 2.19. The molecule has 0 radical (unpaired) electrons. The third kappa shape index (κ3) is 7.70. The van der Waals surface area contributed by atoms with Crippen LogP contribution >= 0.6 is 0 Å². The van der Waals surface area contributed by atoms with Crippen molar-refractivity contribution in [3.05, 3.63) is 76.0 Å². The molecule has 3 aromatic rings. The lowest BCUT2D eigenvalue weighted by atomic mass is 10.1. The van der Waals surface area contributed by atoms with E-state index in [9.17, 15) is 4.79 Å². The lowest BCUT2D eigenvalue weighted by Gasteiger charge is -2.12. The molecule has 0 atom stereocenters. The van der Waals surface area contributed by atoms with Gasteiger partial charge in [0.25, 0.3) is 5.56 Å². The average Bonchev–Trinajstić information content (AvgIpc) is 2.77. The highest BCUT2D eigenvalue weighted by atomic mass is 16.5. The summed E-state index contributed by atoms with van der Waals surface area (Å²) in [7, 11) is 4.03. The number of nitrogens with one attached hydrogen (secondary N) is 2. The van der Waals surface area contributed by atoms with Crippen LogP contribution in [0.3, 0.4) is 0 Å². The first kappa shape index (κ1) is 23.3. The summed E-state index contributed by atoms with van der Waals surface area (Å²) < 4.78 is 11.5. The van der Waals surface area contributed by atoms with Gasteiger partial charge in [0.05, 0.1) is 6.61 Å². The van der Waals surface area contributed by atoms with Gasteiger partial charge in [-0.2, -0.15) is 0 Å². The van der Waals surface area contributed by atoms with E-state index in [2.05, 4.69) is 25.2 Å². The molecule has 32 heavy (non-hydrogen) atoms. The number of likely N-dealkylation sites (N-methyl/N-ethyl adjacent to an activating group) is 1. The summed E-state index contributed by atoms with van der Waals surface area (Å²) >= 11 is 0. The number of nitrogens with zero attached hydrogens (tertiary/aromatic N) is 3. The van der Waals surface area contributed by atoms with E-state index < -0.39 is 0 Å². The highest BCUT2D eigenvalue weighted by molar-refractivity contribution is 5.33. The molecule has 0 unspecified atom stereocenters. The van der Waals surface area contributed by atoms with Crippen LogP contribution in [0.4, 0.5) is 5.95 Å². The summed E-state index contributed by atoms with van der Waals surface area (Å²) in [4.78, 5) is 25.8. The van der Waals surface area contributed by atoms with Crippen molar-refractivity contribution in [1.29, 1.82) is 0 Å². The summed E-state index contributed by atoms with van der Waals surface area (Å²) in [6.07, 6.45) is 4.65. The third-order valence-electron chi connectivity index (χ3n) is 4.74. The lowest BCUT2D eigenvalue weighted by molar-refractivity contribution is 0.259. The molecule has 8 nitrogen and oxygen atoms in total. The van der Waals surface area contributed by atoms with Gasteiger partial charge in [-0.25, -0.2) is 4.98 Å². The van der Waals surface area contributed by atoms with Gasteiger partial charge in [0.15, 0.2) is 0 Å². The summed E-state index contributed by atoms with van der Waals surface area (Å²) in [5.41, 5.74) is 2.39. The predicted octanol–water partition coefficient (Wildman–Crippen LogP) is 2.89. The number of anilines is 1. The van der Waals surface area contributed by atoms with Crippen LogP contribution in [0, 0.1) is 6.92 Å². The zero-order valence-corrected chi connectivity index (χ0v) is 18.9. The SMILES string of the molecule is Cc1ccc(Cc2cnc(NCCCOc3cccc(OCCN(C)C)c3)[nH]c2=O)cn1. The van der Waals surface area contributed by atoms with Crippen molar-refractivity contribution in [3.8, 4) is 11.5 Å². The Kier molecular flexibility index (Phi) is 8.62. The number of aromatic nitrogens is 3. The molecule has 1 aromatic carbocycles. The van der Waals surface area contributed by atoms with Crippen LogP contribution in [0.5, 0.6) is 11.5 Å². The van der Waals surface area contributed by atoms with E-state index in [1.165, 1.54) is 0 Å². The first-order valence-electron chi connectivity index (χ1n) is 10.7. The van der Waals surface area contributed by atoms with Crippen LogP contribution in [-0.2, 0) is 6.42 Å². The molecule has 0 aliphatic rings. The number of pyridine rings is 1. The van der Waals surface area contributed by atoms with Gasteiger partial charge in [0, 0.05) is 49.2 Å². The number of aryl methyl sites for hydroxylation is 1. The van der Waals surface area contributed by atoms with Gasteiger partial charge < -0.3 is 19.7 Å². The zero-order chi connectivity index (χ0) is 22.8.